The lowest BCUT2D eigenvalue weighted by atomic mass is 10.2. The number of benzene rings is 2. The Morgan fingerprint density at radius 2 is 1.72 bits per heavy atom. The van der Waals surface area contributed by atoms with Crippen molar-refractivity contribution in [3.63, 3.8) is 0 Å². The van der Waals surface area contributed by atoms with Crippen molar-refractivity contribution < 1.29 is 13.2 Å². The molecule has 0 aliphatic carbocycles. The van der Waals surface area contributed by atoms with Crippen LogP contribution < -0.4 is 9.46 Å². The molecule has 25 heavy (non-hydrogen) atoms. The molecule has 0 unspecified atom stereocenters. The highest BCUT2D eigenvalue weighted by atomic mass is 32.2. The molecule has 3 aromatic rings. The molecule has 0 amide bonds. The van der Waals surface area contributed by atoms with E-state index in [0.29, 0.717) is 17.4 Å². The Morgan fingerprint density at radius 3 is 2.36 bits per heavy atom. The van der Waals surface area contributed by atoms with Gasteiger partial charge in [0.1, 0.15) is 10.8 Å². The molecular formula is C17H17N3O3S2. The number of hydrogen-bond donors (Lipinski definition) is 1. The minimum atomic E-state index is -3.72. The summed E-state index contributed by atoms with van der Waals surface area (Å²) in [5.74, 6) is 0.624. The summed E-state index contributed by atoms with van der Waals surface area (Å²) in [6, 6.07) is 14.0. The normalized spacial score (nSPS) is 11.3. The van der Waals surface area contributed by atoms with Gasteiger partial charge >= 0.3 is 0 Å². The first-order valence-corrected chi connectivity index (χ1v) is 9.94. The van der Waals surface area contributed by atoms with Crippen molar-refractivity contribution in [2.45, 2.75) is 18.7 Å². The molecule has 0 radical (unpaired) electrons. The fourth-order valence-corrected chi connectivity index (χ4v) is 4.11. The molecule has 0 saturated carbocycles. The van der Waals surface area contributed by atoms with Gasteiger partial charge in [-0.05, 0) is 38.1 Å². The quantitative estimate of drug-likeness (QED) is 0.710. The molecule has 8 heteroatoms. The van der Waals surface area contributed by atoms with Crippen LogP contribution >= 0.6 is 11.3 Å². The summed E-state index contributed by atoms with van der Waals surface area (Å²) in [5.41, 5.74) is 2.04. The van der Waals surface area contributed by atoms with Gasteiger partial charge in [-0.3, -0.25) is 4.72 Å². The number of nitrogens with one attached hydrogen (secondary N) is 1. The third-order valence-electron chi connectivity index (χ3n) is 3.39. The molecule has 0 atom stereocenters. The number of anilines is 1. The van der Waals surface area contributed by atoms with Gasteiger partial charge in [0.05, 0.1) is 11.5 Å². The minimum Gasteiger partial charge on any atom is -0.494 e. The van der Waals surface area contributed by atoms with Crippen LogP contribution in [0.15, 0.2) is 53.4 Å². The molecular weight excluding hydrogens is 358 g/mol. The largest absolute Gasteiger partial charge is 0.494 e. The third-order valence-corrected chi connectivity index (χ3v) is 5.76. The number of sulfonamides is 1. The van der Waals surface area contributed by atoms with Gasteiger partial charge in [-0.25, -0.2) is 8.42 Å². The average molecular weight is 375 g/mol. The summed E-state index contributed by atoms with van der Waals surface area (Å²) in [7, 11) is -3.72. The van der Waals surface area contributed by atoms with Crippen molar-refractivity contribution in [3.05, 3.63) is 54.1 Å². The number of aromatic nitrogens is 2. The predicted octanol–water partition coefficient (Wildman–Crippen LogP) is 3.71. The highest BCUT2D eigenvalue weighted by molar-refractivity contribution is 7.93. The van der Waals surface area contributed by atoms with E-state index in [1.807, 2.05) is 38.1 Å². The maximum atomic E-state index is 12.4. The van der Waals surface area contributed by atoms with Gasteiger partial charge in [-0.2, -0.15) is 0 Å². The molecule has 1 N–H and O–H groups in total. The van der Waals surface area contributed by atoms with Crippen LogP contribution in [0.5, 0.6) is 5.75 Å². The lowest BCUT2D eigenvalue weighted by molar-refractivity contribution is 0.340. The molecule has 130 valence electrons. The Labute approximate surface area is 150 Å². The molecule has 2 aromatic carbocycles. The minimum absolute atomic E-state index is 0.142. The first-order chi connectivity index (χ1) is 12.0. The Morgan fingerprint density at radius 1 is 1.04 bits per heavy atom. The molecule has 1 heterocycles. The first-order valence-electron chi connectivity index (χ1n) is 7.64. The summed E-state index contributed by atoms with van der Waals surface area (Å²) in [5, 5.41) is 8.86. The van der Waals surface area contributed by atoms with E-state index in [1.54, 1.807) is 12.1 Å². The van der Waals surface area contributed by atoms with Gasteiger partial charge in [0.2, 0.25) is 5.13 Å². The van der Waals surface area contributed by atoms with Gasteiger partial charge in [-0.1, -0.05) is 41.2 Å². The summed E-state index contributed by atoms with van der Waals surface area (Å²) in [4.78, 5) is 0.142. The van der Waals surface area contributed by atoms with Crippen LogP contribution in [0.4, 0.5) is 5.13 Å². The van der Waals surface area contributed by atoms with Crippen molar-refractivity contribution in [1.82, 2.24) is 10.2 Å². The van der Waals surface area contributed by atoms with Crippen LogP contribution in [0.2, 0.25) is 0 Å². The summed E-state index contributed by atoms with van der Waals surface area (Å²) in [6.07, 6.45) is 0. The van der Waals surface area contributed by atoms with E-state index in [-0.39, 0.29) is 10.0 Å². The number of nitrogens with zero attached hydrogens (tertiary/aromatic N) is 2. The monoisotopic (exact) mass is 375 g/mol. The van der Waals surface area contributed by atoms with E-state index < -0.39 is 10.0 Å². The second kappa shape index (κ2) is 7.20. The van der Waals surface area contributed by atoms with Gasteiger partial charge in [0, 0.05) is 5.56 Å². The Balaban J connectivity index is 1.78. The van der Waals surface area contributed by atoms with Crippen molar-refractivity contribution in [2.24, 2.45) is 0 Å². The molecule has 0 spiro atoms. The van der Waals surface area contributed by atoms with E-state index in [1.165, 1.54) is 23.5 Å². The predicted molar refractivity (Wildman–Crippen MR) is 98.5 cm³/mol. The van der Waals surface area contributed by atoms with Crippen LogP contribution in [-0.2, 0) is 10.0 Å². The van der Waals surface area contributed by atoms with Crippen molar-refractivity contribution >= 4 is 26.5 Å². The highest BCUT2D eigenvalue weighted by Crippen LogP contribution is 2.28. The van der Waals surface area contributed by atoms with Crippen molar-refractivity contribution in [2.75, 3.05) is 11.3 Å². The Bertz CT molecular complexity index is 950. The zero-order chi connectivity index (χ0) is 17.9. The number of rotatable bonds is 6. The molecule has 0 fully saturated rings. The smallest absolute Gasteiger partial charge is 0.263 e. The highest BCUT2D eigenvalue weighted by Gasteiger charge is 2.17. The molecule has 3 rings (SSSR count). The molecule has 0 aliphatic heterocycles. The number of ether oxygens (including phenoxy) is 1. The van der Waals surface area contributed by atoms with E-state index in [0.717, 1.165) is 11.1 Å². The zero-order valence-electron chi connectivity index (χ0n) is 13.8. The molecule has 0 aliphatic rings. The van der Waals surface area contributed by atoms with E-state index >= 15 is 0 Å². The third kappa shape index (κ3) is 4.15. The second-order valence-corrected chi connectivity index (χ2v) is 7.95. The van der Waals surface area contributed by atoms with Crippen LogP contribution in [0.3, 0.4) is 0 Å². The standard InChI is InChI=1S/C17H17N3O3S2/c1-3-23-14-8-10-15(11-9-14)25(21,22)20-17-19-18-16(24-17)13-6-4-12(2)5-7-13/h4-11H,3H2,1-2H3,(H,19,20). The van der Waals surface area contributed by atoms with Crippen molar-refractivity contribution in [3.8, 4) is 16.3 Å². The summed E-state index contributed by atoms with van der Waals surface area (Å²) < 4.78 is 32.7. The summed E-state index contributed by atoms with van der Waals surface area (Å²) in [6.45, 7) is 4.39. The van der Waals surface area contributed by atoms with Crippen LogP contribution in [0.1, 0.15) is 12.5 Å². The maximum absolute atomic E-state index is 12.4. The number of hydrogen-bond acceptors (Lipinski definition) is 6. The molecule has 6 nitrogen and oxygen atoms in total. The van der Waals surface area contributed by atoms with Crippen LogP contribution in [-0.4, -0.2) is 25.2 Å². The molecule has 0 saturated heterocycles. The Kier molecular flexibility index (Phi) is 5.00. The van der Waals surface area contributed by atoms with E-state index in [2.05, 4.69) is 14.9 Å². The zero-order valence-corrected chi connectivity index (χ0v) is 15.4. The fourth-order valence-electron chi connectivity index (χ4n) is 2.13. The first kappa shape index (κ1) is 17.4. The average Bonchev–Trinajstić information content (AvgIpc) is 3.04. The second-order valence-electron chi connectivity index (χ2n) is 5.29. The molecule has 1 aromatic heterocycles. The Hall–Kier alpha value is -2.45. The van der Waals surface area contributed by atoms with Gasteiger partial charge in [0.15, 0.2) is 0 Å². The van der Waals surface area contributed by atoms with Crippen LogP contribution in [0, 0.1) is 6.92 Å². The fraction of sp³-hybridized carbons (Fsp3) is 0.176. The van der Waals surface area contributed by atoms with E-state index in [4.69, 9.17) is 4.74 Å². The van der Waals surface area contributed by atoms with Gasteiger partial charge in [-0.15, -0.1) is 10.2 Å². The lowest BCUT2D eigenvalue weighted by Crippen LogP contribution is -2.12. The van der Waals surface area contributed by atoms with Gasteiger partial charge < -0.3 is 4.74 Å². The topological polar surface area (TPSA) is 81.2 Å². The maximum Gasteiger partial charge on any atom is 0.263 e. The SMILES string of the molecule is CCOc1ccc(S(=O)(=O)Nc2nnc(-c3ccc(C)cc3)s2)cc1. The van der Waals surface area contributed by atoms with Gasteiger partial charge in [0.25, 0.3) is 10.0 Å². The lowest BCUT2D eigenvalue weighted by Gasteiger charge is -2.06. The van der Waals surface area contributed by atoms with Crippen molar-refractivity contribution in [1.29, 1.82) is 0 Å². The van der Waals surface area contributed by atoms with E-state index in [9.17, 15) is 8.42 Å². The van der Waals surface area contributed by atoms with Crippen LogP contribution in [0.25, 0.3) is 10.6 Å². The summed E-state index contributed by atoms with van der Waals surface area (Å²) >= 11 is 1.19. The number of aryl methyl sites for hydroxylation is 1. The molecule has 0 bridgehead atoms.